The molecule has 0 spiro atoms. The number of halogens is 1. The molecule has 1 amide bonds. The molecule has 0 aliphatic heterocycles. The molecule has 1 aromatic rings. The molecular weight excluding hydrogens is 415 g/mol. The summed E-state index contributed by atoms with van der Waals surface area (Å²) in [5.41, 5.74) is 1.28. The first kappa shape index (κ1) is 20.5. The molecule has 0 bridgehead atoms. The van der Waals surface area contributed by atoms with Crippen molar-refractivity contribution >= 4 is 35.8 Å². The molecule has 0 unspecified atom stereocenters. The number of likely N-dealkylation sites (N-methyl/N-ethyl adjacent to an activating group) is 1. The van der Waals surface area contributed by atoms with Crippen LogP contribution in [0.2, 0.25) is 0 Å². The van der Waals surface area contributed by atoms with Crippen molar-refractivity contribution in [1.29, 1.82) is 0 Å². The molecule has 6 heteroatoms. The monoisotopic (exact) mass is 442 g/mol. The number of nitrogens with zero attached hydrogens (tertiary/aromatic N) is 2. The maximum atomic E-state index is 11.7. The van der Waals surface area contributed by atoms with Crippen LogP contribution >= 0.6 is 24.0 Å². The molecule has 5 nitrogen and oxygen atoms in total. The number of hydrogen-bond donors (Lipinski definition) is 2. The zero-order chi connectivity index (χ0) is 16.5. The maximum Gasteiger partial charge on any atom is 0.243 e. The molecule has 0 saturated heterocycles. The number of hydrogen-bond acceptors (Lipinski definition) is 2. The molecule has 2 N–H and O–H groups in total. The first-order chi connectivity index (χ1) is 11.1. The zero-order valence-corrected chi connectivity index (χ0v) is 16.7. The van der Waals surface area contributed by atoms with Crippen LogP contribution in [-0.2, 0) is 11.2 Å². The standard InChI is InChI=1S/C18H26N4O.HI/c1-22(2)17(23)14-20-18(21-16-10-6-7-11-16)19-13-12-15-8-4-3-5-9-15;/h3-9,16H,10-14H2,1-2H3,(H2,19,20,21);1H. The number of rotatable bonds is 6. The van der Waals surface area contributed by atoms with E-state index in [0.29, 0.717) is 12.0 Å². The second-order valence-corrected chi connectivity index (χ2v) is 5.90. The molecule has 1 aliphatic rings. The highest BCUT2D eigenvalue weighted by molar-refractivity contribution is 14.0. The highest BCUT2D eigenvalue weighted by atomic mass is 127. The normalized spacial score (nSPS) is 14.2. The lowest BCUT2D eigenvalue weighted by Gasteiger charge is -2.18. The molecule has 0 atom stereocenters. The Hall–Kier alpha value is -1.57. The summed E-state index contributed by atoms with van der Waals surface area (Å²) in [5, 5.41) is 6.73. The van der Waals surface area contributed by atoms with E-state index in [9.17, 15) is 4.79 Å². The third-order valence-corrected chi connectivity index (χ3v) is 3.77. The fourth-order valence-electron chi connectivity index (χ4n) is 2.34. The van der Waals surface area contributed by atoms with Crippen molar-refractivity contribution in [2.75, 3.05) is 27.2 Å². The first-order valence-electron chi connectivity index (χ1n) is 8.09. The lowest BCUT2D eigenvalue weighted by molar-refractivity contribution is -0.127. The summed E-state index contributed by atoms with van der Waals surface area (Å²) in [6, 6.07) is 10.7. The largest absolute Gasteiger partial charge is 0.356 e. The van der Waals surface area contributed by atoms with E-state index in [1.54, 1.807) is 19.0 Å². The highest BCUT2D eigenvalue weighted by Crippen LogP contribution is 2.08. The number of carbonyl (C=O) groups is 1. The van der Waals surface area contributed by atoms with Crippen LogP contribution in [0.1, 0.15) is 18.4 Å². The SMILES string of the molecule is CN(C)C(=O)CN=C(NCCc1ccccc1)NC1CC=CC1.I. The summed E-state index contributed by atoms with van der Waals surface area (Å²) in [4.78, 5) is 17.7. The zero-order valence-electron chi connectivity index (χ0n) is 14.4. The van der Waals surface area contributed by atoms with Gasteiger partial charge in [-0.05, 0) is 24.8 Å². The average molecular weight is 442 g/mol. The lowest BCUT2D eigenvalue weighted by Crippen LogP contribution is -2.44. The van der Waals surface area contributed by atoms with Gasteiger partial charge in [-0.3, -0.25) is 4.79 Å². The smallest absolute Gasteiger partial charge is 0.243 e. The van der Waals surface area contributed by atoms with Crippen LogP contribution in [0.15, 0.2) is 47.5 Å². The van der Waals surface area contributed by atoms with Crippen molar-refractivity contribution < 1.29 is 4.79 Å². The summed E-state index contributed by atoms with van der Waals surface area (Å²) in [6.07, 6.45) is 7.27. The molecule has 2 rings (SSSR count). The third kappa shape index (κ3) is 7.33. The van der Waals surface area contributed by atoms with Gasteiger partial charge in [-0.15, -0.1) is 24.0 Å². The van der Waals surface area contributed by atoms with Crippen molar-refractivity contribution in [2.24, 2.45) is 4.99 Å². The van der Waals surface area contributed by atoms with Crippen LogP contribution in [-0.4, -0.2) is 50.0 Å². The van der Waals surface area contributed by atoms with Crippen molar-refractivity contribution in [1.82, 2.24) is 15.5 Å². The Morgan fingerprint density at radius 2 is 1.88 bits per heavy atom. The van der Waals surface area contributed by atoms with Gasteiger partial charge in [-0.2, -0.15) is 0 Å². The average Bonchev–Trinajstić information content (AvgIpc) is 3.06. The predicted octanol–water partition coefficient (Wildman–Crippen LogP) is 2.19. The fourth-order valence-corrected chi connectivity index (χ4v) is 2.34. The van der Waals surface area contributed by atoms with E-state index >= 15 is 0 Å². The minimum absolute atomic E-state index is 0. The molecule has 1 aliphatic carbocycles. The number of amides is 1. The first-order valence-corrected chi connectivity index (χ1v) is 8.09. The van der Waals surface area contributed by atoms with Crippen LogP contribution in [0.3, 0.4) is 0 Å². The Labute approximate surface area is 161 Å². The molecule has 0 fully saturated rings. The fraction of sp³-hybridized carbons (Fsp3) is 0.444. The Kier molecular flexibility index (Phi) is 9.44. The minimum atomic E-state index is -0.00120. The van der Waals surface area contributed by atoms with Crippen LogP contribution < -0.4 is 10.6 Å². The van der Waals surface area contributed by atoms with Crippen molar-refractivity contribution in [3.05, 3.63) is 48.0 Å². The predicted molar refractivity (Wildman–Crippen MR) is 110 cm³/mol. The van der Waals surface area contributed by atoms with Crippen LogP contribution in [0.4, 0.5) is 0 Å². The van der Waals surface area contributed by atoms with E-state index in [4.69, 9.17) is 0 Å². The van der Waals surface area contributed by atoms with Crippen LogP contribution in [0, 0.1) is 0 Å². The second kappa shape index (κ2) is 11.1. The van der Waals surface area contributed by atoms with Crippen molar-refractivity contribution in [2.45, 2.75) is 25.3 Å². The number of guanidine groups is 1. The van der Waals surface area contributed by atoms with Gasteiger partial charge in [0.25, 0.3) is 0 Å². The minimum Gasteiger partial charge on any atom is -0.356 e. The van der Waals surface area contributed by atoms with Gasteiger partial charge in [0, 0.05) is 26.7 Å². The molecule has 0 radical (unpaired) electrons. The Bertz CT molecular complexity index is 549. The van der Waals surface area contributed by atoms with E-state index < -0.39 is 0 Å². The van der Waals surface area contributed by atoms with Gasteiger partial charge in [0.2, 0.25) is 5.91 Å². The van der Waals surface area contributed by atoms with E-state index in [2.05, 4.69) is 39.9 Å². The Balaban J connectivity index is 0.00000288. The van der Waals surface area contributed by atoms with Gasteiger partial charge in [0.1, 0.15) is 6.54 Å². The van der Waals surface area contributed by atoms with Crippen molar-refractivity contribution in [3.63, 3.8) is 0 Å². The summed E-state index contributed by atoms with van der Waals surface area (Å²) >= 11 is 0. The quantitative estimate of drug-likeness (QED) is 0.308. The van der Waals surface area contributed by atoms with Gasteiger partial charge < -0.3 is 15.5 Å². The maximum absolute atomic E-state index is 11.7. The van der Waals surface area contributed by atoms with E-state index in [1.807, 2.05) is 18.2 Å². The van der Waals surface area contributed by atoms with E-state index in [0.717, 1.165) is 25.8 Å². The summed E-state index contributed by atoms with van der Waals surface area (Å²) in [6.45, 7) is 0.944. The van der Waals surface area contributed by atoms with Crippen LogP contribution in [0.25, 0.3) is 0 Å². The molecule has 0 heterocycles. The topological polar surface area (TPSA) is 56.7 Å². The van der Waals surface area contributed by atoms with Gasteiger partial charge in [-0.1, -0.05) is 42.5 Å². The van der Waals surface area contributed by atoms with E-state index in [-0.39, 0.29) is 36.4 Å². The van der Waals surface area contributed by atoms with Gasteiger partial charge in [-0.25, -0.2) is 4.99 Å². The molecule has 0 aromatic heterocycles. The Morgan fingerprint density at radius 3 is 2.50 bits per heavy atom. The van der Waals surface area contributed by atoms with Crippen molar-refractivity contribution in [3.8, 4) is 0 Å². The van der Waals surface area contributed by atoms with Crippen LogP contribution in [0.5, 0.6) is 0 Å². The molecular formula is C18H27IN4O. The summed E-state index contributed by atoms with van der Waals surface area (Å²) in [5.74, 6) is 0.712. The summed E-state index contributed by atoms with van der Waals surface area (Å²) in [7, 11) is 3.49. The van der Waals surface area contributed by atoms with Gasteiger partial charge >= 0.3 is 0 Å². The molecule has 24 heavy (non-hydrogen) atoms. The highest BCUT2D eigenvalue weighted by Gasteiger charge is 2.12. The third-order valence-electron chi connectivity index (χ3n) is 3.77. The molecule has 132 valence electrons. The van der Waals surface area contributed by atoms with Gasteiger partial charge in [0.05, 0.1) is 0 Å². The Morgan fingerprint density at radius 1 is 1.21 bits per heavy atom. The molecule has 1 aromatic carbocycles. The molecule has 0 saturated carbocycles. The number of benzene rings is 1. The van der Waals surface area contributed by atoms with E-state index in [1.165, 1.54) is 5.56 Å². The number of nitrogens with one attached hydrogen (secondary N) is 2. The number of carbonyl (C=O) groups excluding carboxylic acids is 1. The summed E-state index contributed by atoms with van der Waals surface area (Å²) < 4.78 is 0. The second-order valence-electron chi connectivity index (χ2n) is 5.90. The number of aliphatic imine (C=N–C) groups is 1. The van der Waals surface area contributed by atoms with Gasteiger partial charge in [0.15, 0.2) is 5.96 Å². The lowest BCUT2D eigenvalue weighted by atomic mass is 10.1.